The molecule has 1 aliphatic carbocycles. The third-order valence-corrected chi connectivity index (χ3v) is 6.62. The summed E-state index contributed by atoms with van der Waals surface area (Å²) in [6.45, 7) is 8.22. The van der Waals surface area contributed by atoms with Gasteiger partial charge in [0.1, 0.15) is 0 Å². The van der Waals surface area contributed by atoms with Crippen molar-refractivity contribution in [3.05, 3.63) is 142 Å². The molecule has 0 heterocycles. The van der Waals surface area contributed by atoms with E-state index in [-0.39, 0.29) is 5.41 Å². The molecule has 3 aromatic carbocycles. The van der Waals surface area contributed by atoms with Crippen LogP contribution in [-0.4, -0.2) is 0 Å². The molecule has 0 N–H and O–H groups in total. The highest BCUT2D eigenvalue weighted by Gasteiger charge is 2.37. The molecule has 3 aromatic rings. The fraction of sp³-hybridized carbons (Fsp3) is 0.156. The number of hydrogen-bond acceptors (Lipinski definition) is 0. The summed E-state index contributed by atoms with van der Waals surface area (Å²) >= 11 is 6.52. The summed E-state index contributed by atoms with van der Waals surface area (Å²) in [6.07, 6.45) is 12.6. The summed E-state index contributed by atoms with van der Waals surface area (Å²) in [4.78, 5) is 0. The van der Waals surface area contributed by atoms with Crippen LogP contribution in [0.4, 0.5) is 0 Å². The van der Waals surface area contributed by atoms with Crippen molar-refractivity contribution >= 4 is 29.3 Å². The lowest BCUT2D eigenvalue weighted by atomic mass is 9.67. The molecule has 33 heavy (non-hydrogen) atoms. The van der Waals surface area contributed by atoms with Gasteiger partial charge in [-0.1, -0.05) is 123 Å². The average Bonchev–Trinajstić information content (AvgIpc) is 2.97. The van der Waals surface area contributed by atoms with Crippen LogP contribution in [0.2, 0.25) is 0 Å². The van der Waals surface area contributed by atoms with Gasteiger partial charge in [0.25, 0.3) is 0 Å². The Morgan fingerprint density at radius 1 is 0.879 bits per heavy atom. The first kappa shape index (κ1) is 22.9. The van der Waals surface area contributed by atoms with E-state index in [1.54, 1.807) is 6.08 Å². The normalized spacial score (nSPS) is 14.6. The fourth-order valence-corrected chi connectivity index (χ4v) is 5.01. The summed E-state index contributed by atoms with van der Waals surface area (Å²) in [5.74, 6) is 0. The summed E-state index contributed by atoms with van der Waals surface area (Å²) in [5, 5.41) is 0.621. The van der Waals surface area contributed by atoms with Crippen molar-refractivity contribution in [2.75, 3.05) is 0 Å². The molecule has 0 unspecified atom stereocenters. The summed E-state index contributed by atoms with van der Waals surface area (Å²) < 4.78 is 0. The Morgan fingerprint density at radius 2 is 1.42 bits per heavy atom. The van der Waals surface area contributed by atoms with Crippen LogP contribution in [-0.2, 0) is 5.41 Å². The Bertz CT molecular complexity index is 1250. The van der Waals surface area contributed by atoms with Gasteiger partial charge in [-0.3, -0.25) is 0 Å². The Kier molecular flexibility index (Phi) is 6.99. The minimum atomic E-state index is -0.340. The highest BCUT2D eigenvalue weighted by atomic mass is 35.5. The zero-order valence-corrected chi connectivity index (χ0v) is 20.1. The number of allylic oxidation sites excluding steroid dienone is 5. The van der Waals surface area contributed by atoms with Gasteiger partial charge in [-0.25, -0.2) is 0 Å². The van der Waals surface area contributed by atoms with Crippen LogP contribution in [0.3, 0.4) is 0 Å². The van der Waals surface area contributed by atoms with Crippen LogP contribution < -0.4 is 0 Å². The SMILES string of the molecule is C=C=C/C(Cl)=C\C(=C\CCC)c1ccccc1C1(C)c2ccccc2C=Cc2ccccc21. The van der Waals surface area contributed by atoms with E-state index in [9.17, 15) is 0 Å². The molecule has 1 aliphatic rings. The van der Waals surface area contributed by atoms with Gasteiger partial charge in [0.05, 0.1) is 0 Å². The Balaban J connectivity index is 2.04. The maximum Gasteiger partial charge on any atom is 0.0488 e. The second-order valence-electron chi connectivity index (χ2n) is 8.50. The number of unbranched alkanes of at least 4 members (excludes halogenated alkanes) is 1. The first-order valence-corrected chi connectivity index (χ1v) is 11.9. The van der Waals surface area contributed by atoms with Crippen molar-refractivity contribution in [3.8, 4) is 0 Å². The minimum Gasteiger partial charge on any atom is -0.127 e. The predicted molar refractivity (Wildman–Crippen MR) is 144 cm³/mol. The van der Waals surface area contributed by atoms with E-state index < -0.39 is 0 Å². The third-order valence-electron chi connectivity index (χ3n) is 6.40. The molecule has 0 aromatic heterocycles. The molecular formula is C32H29Cl. The predicted octanol–water partition coefficient (Wildman–Crippen LogP) is 9.17. The number of fused-ring (bicyclic) bond motifs is 2. The van der Waals surface area contributed by atoms with Gasteiger partial charge in [0.15, 0.2) is 0 Å². The van der Waals surface area contributed by atoms with E-state index in [0.717, 1.165) is 18.4 Å². The van der Waals surface area contributed by atoms with E-state index in [1.807, 2.05) is 6.08 Å². The molecule has 0 aliphatic heterocycles. The highest BCUT2D eigenvalue weighted by molar-refractivity contribution is 6.31. The largest absolute Gasteiger partial charge is 0.127 e. The maximum absolute atomic E-state index is 6.52. The Morgan fingerprint density at radius 3 is 2.00 bits per heavy atom. The Labute approximate surface area is 203 Å². The molecular weight excluding hydrogens is 420 g/mol. The van der Waals surface area contributed by atoms with Crippen LogP contribution in [0.15, 0.2) is 108 Å². The van der Waals surface area contributed by atoms with E-state index in [2.05, 4.69) is 117 Å². The van der Waals surface area contributed by atoms with Gasteiger partial charge in [-0.15, -0.1) is 5.73 Å². The van der Waals surface area contributed by atoms with Gasteiger partial charge < -0.3 is 0 Å². The van der Waals surface area contributed by atoms with Crippen molar-refractivity contribution in [1.29, 1.82) is 0 Å². The summed E-state index contributed by atoms with van der Waals surface area (Å²) in [6, 6.07) is 26.2. The van der Waals surface area contributed by atoms with Gasteiger partial charge >= 0.3 is 0 Å². The zero-order chi connectivity index (χ0) is 23.3. The lowest BCUT2D eigenvalue weighted by molar-refractivity contribution is 0.688. The molecule has 164 valence electrons. The van der Waals surface area contributed by atoms with Crippen LogP contribution in [0, 0.1) is 0 Å². The Hall–Kier alpha value is -3.31. The van der Waals surface area contributed by atoms with Crippen molar-refractivity contribution in [1.82, 2.24) is 0 Å². The standard InChI is InChI=1S/C32H29Cl/c1-4-6-14-26(23-27(33)13-5-2)28-17-9-12-20-31(28)32(3)29-18-10-7-15-24(29)21-22-25-16-8-11-19-30(25)32/h7-23H,2,4,6H2,1,3H3/b26-14-,27-23+. The average molecular weight is 449 g/mol. The van der Waals surface area contributed by atoms with E-state index >= 15 is 0 Å². The van der Waals surface area contributed by atoms with Crippen LogP contribution >= 0.6 is 11.6 Å². The number of benzene rings is 3. The lowest BCUT2D eigenvalue weighted by Crippen LogP contribution is -2.28. The number of halogens is 1. The van der Waals surface area contributed by atoms with Gasteiger partial charge in [0, 0.05) is 10.4 Å². The number of rotatable bonds is 6. The van der Waals surface area contributed by atoms with Crippen LogP contribution in [0.1, 0.15) is 60.1 Å². The summed E-state index contributed by atoms with van der Waals surface area (Å²) in [5.41, 5.74) is 11.1. The number of hydrogen-bond donors (Lipinski definition) is 0. The molecule has 1 heteroatoms. The quantitative estimate of drug-likeness (QED) is 0.260. The van der Waals surface area contributed by atoms with E-state index in [1.165, 1.54) is 33.4 Å². The van der Waals surface area contributed by atoms with Crippen LogP contribution in [0.25, 0.3) is 17.7 Å². The molecule has 0 spiro atoms. The second-order valence-corrected chi connectivity index (χ2v) is 8.94. The monoisotopic (exact) mass is 448 g/mol. The van der Waals surface area contributed by atoms with Gasteiger partial charge in [-0.2, -0.15) is 0 Å². The van der Waals surface area contributed by atoms with Crippen LogP contribution in [0.5, 0.6) is 0 Å². The molecule has 0 saturated heterocycles. The van der Waals surface area contributed by atoms with E-state index in [0.29, 0.717) is 5.03 Å². The minimum absolute atomic E-state index is 0.340. The molecule has 0 atom stereocenters. The van der Waals surface area contributed by atoms with Crippen molar-refractivity contribution in [3.63, 3.8) is 0 Å². The van der Waals surface area contributed by atoms with Gasteiger partial charge in [-0.05, 0) is 64.5 Å². The fourth-order valence-electron chi connectivity index (χ4n) is 4.82. The van der Waals surface area contributed by atoms with Crippen molar-refractivity contribution < 1.29 is 0 Å². The molecule has 0 nitrogen and oxygen atoms in total. The molecule has 4 rings (SSSR count). The second kappa shape index (κ2) is 10.1. The molecule has 0 fully saturated rings. The van der Waals surface area contributed by atoms with Crippen molar-refractivity contribution in [2.24, 2.45) is 0 Å². The smallest absolute Gasteiger partial charge is 0.0488 e. The van der Waals surface area contributed by atoms with Gasteiger partial charge in [0.2, 0.25) is 0 Å². The molecule has 0 bridgehead atoms. The first-order valence-electron chi connectivity index (χ1n) is 11.5. The lowest BCUT2D eigenvalue weighted by Gasteiger charge is -2.35. The first-order chi connectivity index (χ1) is 16.1. The van der Waals surface area contributed by atoms with Crippen molar-refractivity contribution in [2.45, 2.75) is 32.1 Å². The highest BCUT2D eigenvalue weighted by Crippen LogP contribution is 2.46. The topological polar surface area (TPSA) is 0 Å². The van der Waals surface area contributed by atoms with E-state index in [4.69, 9.17) is 11.6 Å². The third kappa shape index (κ3) is 4.46. The summed E-state index contributed by atoms with van der Waals surface area (Å²) in [7, 11) is 0. The molecule has 0 saturated carbocycles. The maximum atomic E-state index is 6.52. The molecule has 0 amide bonds. The zero-order valence-electron chi connectivity index (χ0n) is 19.3. The molecule has 0 radical (unpaired) electrons.